The molecule has 0 saturated carbocycles. The average Bonchev–Trinajstić information content (AvgIpc) is 3.10. The van der Waals surface area contributed by atoms with E-state index in [0.717, 1.165) is 15.5 Å². The fraction of sp³-hybridized carbons (Fsp3) is 0.0476. The second-order valence-electron chi connectivity index (χ2n) is 6.22. The lowest BCUT2D eigenvalue weighted by Crippen LogP contribution is -2.23. The van der Waals surface area contributed by atoms with Gasteiger partial charge < -0.3 is 9.67 Å². The number of hydrazone groups is 1. The number of phenols is 1. The number of phenolic OH excluding ortho intramolecular Hbond substituents is 1. The monoisotopic (exact) mass is 449 g/mol. The zero-order valence-electron chi connectivity index (χ0n) is 15.2. The van der Waals surface area contributed by atoms with Crippen LogP contribution in [0.4, 0.5) is 0 Å². The largest absolute Gasteiger partial charge is 0.507 e. The highest BCUT2D eigenvalue weighted by atomic mass is 79.9. The number of fused-ring (bicyclic) bond motifs is 1. The third kappa shape index (κ3) is 4.17. The van der Waals surface area contributed by atoms with Crippen LogP contribution >= 0.6 is 15.9 Å². The van der Waals surface area contributed by atoms with Gasteiger partial charge in [0.05, 0.1) is 17.2 Å². The summed E-state index contributed by atoms with van der Waals surface area (Å²) in [7, 11) is 0. The van der Waals surface area contributed by atoms with Gasteiger partial charge in [-0.15, -0.1) is 0 Å². The molecule has 0 aliphatic heterocycles. The van der Waals surface area contributed by atoms with E-state index in [4.69, 9.17) is 0 Å². The second-order valence-corrected chi connectivity index (χ2v) is 7.14. The minimum atomic E-state index is -0.323. The number of imidazole rings is 1. The van der Waals surface area contributed by atoms with Gasteiger partial charge in [0.2, 0.25) is 0 Å². The summed E-state index contributed by atoms with van der Waals surface area (Å²) < 4.78 is 2.60. The standard InChI is InChI=1S/C21H16BrN5O2/c22-15-8-9-19(28)14(11-15)12-24-26-20(29)13-27-18-7-2-1-5-16(18)25-21(27)17-6-3-4-10-23-17/h1-12,28H,13H2,(H,26,29)/b24-12+. The number of pyridine rings is 1. The molecule has 0 radical (unpaired) electrons. The van der Waals surface area contributed by atoms with Crippen molar-refractivity contribution < 1.29 is 9.90 Å². The van der Waals surface area contributed by atoms with Crippen molar-refractivity contribution >= 4 is 39.1 Å². The Morgan fingerprint density at radius 2 is 2.00 bits per heavy atom. The maximum absolute atomic E-state index is 12.5. The number of para-hydroxylation sites is 2. The number of hydrogen-bond acceptors (Lipinski definition) is 5. The Balaban J connectivity index is 1.58. The Labute approximate surface area is 174 Å². The summed E-state index contributed by atoms with van der Waals surface area (Å²) in [6, 6.07) is 18.1. The van der Waals surface area contributed by atoms with Crippen molar-refractivity contribution in [3.05, 3.63) is 76.9 Å². The molecule has 2 N–H and O–H groups in total. The van der Waals surface area contributed by atoms with Gasteiger partial charge >= 0.3 is 0 Å². The van der Waals surface area contributed by atoms with Crippen molar-refractivity contribution in [2.75, 3.05) is 0 Å². The lowest BCUT2D eigenvalue weighted by atomic mass is 10.2. The third-order valence-electron chi connectivity index (χ3n) is 4.23. The molecule has 8 heteroatoms. The molecule has 144 valence electrons. The van der Waals surface area contributed by atoms with E-state index in [1.165, 1.54) is 6.21 Å². The van der Waals surface area contributed by atoms with Crippen LogP contribution in [0.2, 0.25) is 0 Å². The Kier molecular flexibility index (Phi) is 5.35. The van der Waals surface area contributed by atoms with Gasteiger partial charge in [-0.1, -0.05) is 34.1 Å². The van der Waals surface area contributed by atoms with E-state index in [0.29, 0.717) is 17.1 Å². The van der Waals surface area contributed by atoms with Crippen molar-refractivity contribution in [2.24, 2.45) is 5.10 Å². The molecule has 2 aromatic heterocycles. The number of aromatic nitrogens is 3. The first kappa shape index (κ1) is 18.8. The molecule has 0 aliphatic rings. The summed E-state index contributed by atoms with van der Waals surface area (Å²) in [5.41, 5.74) is 5.27. The predicted molar refractivity (Wildman–Crippen MR) is 115 cm³/mol. The molecular formula is C21H16BrN5O2. The Morgan fingerprint density at radius 3 is 2.83 bits per heavy atom. The van der Waals surface area contributed by atoms with Gasteiger partial charge in [0.15, 0.2) is 5.82 Å². The van der Waals surface area contributed by atoms with E-state index in [-0.39, 0.29) is 18.2 Å². The fourth-order valence-electron chi connectivity index (χ4n) is 2.91. The van der Waals surface area contributed by atoms with Crippen LogP contribution in [0, 0.1) is 0 Å². The predicted octanol–water partition coefficient (Wildman–Crippen LogP) is 3.72. The lowest BCUT2D eigenvalue weighted by molar-refractivity contribution is -0.121. The number of rotatable bonds is 5. The number of carbonyl (C=O) groups excluding carboxylic acids is 1. The van der Waals surface area contributed by atoms with Gasteiger partial charge in [0, 0.05) is 16.2 Å². The molecule has 0 fully saturated rings. The topological polar surface area (TPSA) is 92.4 Å². The summed E-state index contributed by atoms with van der Waals surface area (Å²) >= 11 is 3.33. The van der Waals surface area contributed by atoms with Crippen molar-refractivity contribution in [1.29, 1.82) is 0 Å². The van der Waals surface area contributed by atoms with Crippen LogP contribution in [0.3, 0.4) is 0 Å². The van der Waals surface area contributed by atoms with Crippen LogP contribution in [0.5, 0.6) is 5.75 Å². The fourth-order valence-corrected chi connectivity index (χ4v) is 3.29. The van der Waals surface area contributed by atoms with E-state index in [2.05, 4.69) is 36.4 Å². The molecular weight excluding hydrogens is 434 g/mol. The van der Waals surface area contributed by atoms with Crippen LogP contribution < -0.4 is 5.43 Å². The molecule has 0 saturated heterocycles. The first-order valence-electron chi connectivity index (χ1n) is 8.79. The number of halogens is 1. The Morgan fingerprint density at radius 1 is 1.17 bits per heavy atom. The first-order valence-corrected chi connectivity index (χ1v) is 9.58. The zero-order chi connectivity index (χ0) is 20.2. The molecule has 0 aliphatic carbocycles. The molecule has 0 spiro atoms. The highest BCUT2D eigenvalue weighted by Gasteiger charge is 2.15. The van der Waals surface area contributed by atoms with Crippen molar-refractivity contribution in [3.8, 4) is 17.3 Å². The second kappa shape index (κ2) is 8.24. The molecule has 4 rings (SSSR count). The molecule has 0 bridgehead atoms. The third-order valence-corrected chi connectivity index (χ3v) is 4.73. The van der Waals surface area contributed by atoms with Gasteiger partial charge in [0.25, 0.3) is 5.91 Å². The minimum absolute atomic E-state index is 0.0221. The summed E-state index contributed by atoms with van der Waals surface area (Å²) in [6.07, 6.45) is 3.08. The number of nitrogens with zero attached hydrogens (tertiary/aromatic N) is 4. The highest BCUT2D eigenvalue weighted by Crippen LogP contribution is 2.23. The van der Waals surface area contributed by atoms with Gasteiger partial charge in [-0.2, -0.15) is 5.10 Å². The molecule has 1 amide bonds. The Hall–Kier alpha value is -3.52. The van der Waals surface area contributed by atoms with Gasteiger partial charge in [0.1, 0.15) is 18.0 Å². The van der Waals surface area contributed by atoms with Crippen molar-refractivity contribution in [3.63, 3.8) is 0 Å². The van der Waals surface area contributed by atoms with Gasteiger partial charge in [-0.25, -0.2) is 10.4 Å². The van der Waals surface area contributed by atoms with Gasteiger partial charge in [-0.05, 0) is 42.5 Å². The molecule has 0 unspecified atom stereocenters. The van der Waals surface area contributed by atoms with E-state index >= 15 is 0 Å². The summed E-state index contributed by atoms with van der Waals surface area (Å²) in [5, 5.41) is 13.8. The van der Waals surface area contributed by atoms with E-state index in [1.54, 1.807) is 29.0 Å². The quantitative estimate of drug-likeness (QED) is 0.358. The summed E-state index contributed by atoms with van der Waals surface area (Å²) in [6.45, 7) is 0.0221. The molecule has 29 heavy (non-hydrogen) atoms. The van der Waals surface area contributed by atoms with E-state index < -0.39 is 0 Å². The van der Waals surface area contributed by atoms with E-state index in [1.807, 2.05) is 42.5 Å². The lowest BCUT2D eigenvalue weighted by Gasteiger charge is -2.08. The van der Waals surface area contributed by atoms with Crippen LogP contribution in [0.1, 0.15) is 5.56 Å². The highest BCUT2D eigenvalue weighted by molar-refractivity contribution is 9.10. The number of hydrogen-bond donors (Lipinski definition) is 2. The minimum Gasteiger partial charge on any atom is -0.507 e. The maximum Gasteiger partial charge on any atom is 0.260 e. The van der Waals surface area contributed by atoms with Crippen LogP contribution in [-0.4, -0.2) is 31.8 Å². The molecule has 0 atom stereocenters. The SMILES string of the molecule is O=C(Cn1c(-c2ccccn2)nc2ccccc21)N/N=C/c1cc(Br)ccc1O. The number of nitrogens with one attached hydrogen (secondary N) is 1. The summed E-state index contributed by atoms with van der Waals surface area (Å²) in [4.78, 5) is 21.5. The summed E-state index contributed by atoms with van der Waals surface area (Å²) in [5.74, 6) is 0.357. The smallest absolute Gasteiger partial charge is 0.260 e. The van der Waals surface area contributed by atoms with E-state index in [9.17, 15) is 9.90 Å². The van der Waals surface area contributed by atoms with Crippen LogP contribution in [0.15, 0.2) is 76.4 Å². The number of amides is 1. The molecule has 2 heterocycles. The zero-order valence-corrected chi connectivity index (χ0v) is 16.7. The first-order chi connectivity index (χ1) is 14.1. The van der Waals surface area contributed by atoms with Crippen molar-refractivity contribution in [2.45, 2.75) is 6.54 Å². The van der Waals surface area contributed by atoms with Gasteiger partial charge in [-0.3, -0.25) is 9.78 Å². The molecule has 2 aromatic carbocycles. The number of aromatic hydroxyl groups is 1. The van der Waals surface area contributed by atoms with Crippen LogP contribution in [-0.2, 0) is 11.3 Å². The van der Waals surface area contributed by atoms with Crippen LogP contribution in [0.25, 0.3) is 22.6 Å². The number of carbonyl (C=O) groups is 1. The van der Waals surface area contributed by atoms with Crippen molar-refractivity contribution in [1.82, 2.24) is 20.0 Å². The molecule has 4 aromatic rings. The molecule has 7 nitrogen and oxygen atoms in total. The Bertz CT molecular complexity index is 1200. The normalized spacial score (nSPS) is 11.2. The number of benzene rings is 2. The maximum atomic E-state index is 12.5. The average molecular weight is 450 g/mol.